The molecule has 134 valence electrons. The van der Waals surface area contributed by atoms with Crippen molar-refractivity contribution in [2.45, 2.75) is 13.8 Å². The summed E-state index contributed by atoms with van der Waals surface area (Å²) in [7, 11) is 0. The SMILES string of the molecule is Cc1ccc(OCCNC(=O)COc2cccc3ccccc23)c(C)c1. The molecule has 0 aliphatic heterocycles. The van der Waals surface area contributed by atoms with Gasteiger partial charge in [0.1, 0.15) is 18.1 Å². The second-order valence-corrected chi connectivity index (χ2v) is 6.23. The Labute approximate surface area is 153 Å². The van der Waals surface area contributed by atoms with E-state index < -0.39 is 0 Å². The third-order valence-corrected chi connectivity index (χ3v) is 4.12. The van der Waals surface area contributed by atoms with Gasteiger partial charge in [0.15, 0.2) is 6.61 Å². The lowest BCUT2D eigenvalue weighted by atomic mass is 10.1. The van der Waals surface area contributed by atoms with Crippen molar-refractivity contribution in [3.63, 3.8) is 0 Å². The lowest BCUT2D eigenvalue weighted by Crippen LogP contribution is -2.32. The van der Waals surface area contributed by atoms with Crippen LogP contribution in [0.2, 0.25) is 0 Å². The Balaban J connectivity index is 1.44. The van der Waals surface area contributed by atoms with Gasteiger partial charge in [-0.25, -0.2) is 0 Å². The van der Waals surface area contributed by atoms with Gasteiger partial charge in [-0.1, -0.05) is 54.1 Å². The fourth-order valence-electron chi connectivity index (χ4n) is 2.83. The van der Waals surface area contributed by atoms with Gasteiger partial charge in [0, 0.05) is 5.39 Å². The van der Waals surface area contributed by atoms with Crippen LogP contribution in [0.1, 0.15) is 11.1 Å². The predicted octanol–water partition coefficient (Wildman–Crippen LogP) is 4.03. The van der Waals surface area contributed by atoms with Crippen LogP contribution in [-0.2, 0) is 4.79 Å². The molecule has 0 spiro atoms. The third kappa shape index (κ3) is 4.54. The zero-order valence-corrected chi connectivity index (χ0v) is 15.1. The number of hydrogen-bond acceptors (Lipinski definition) is 3. The first-order valence-corrected chi connectivity index (χ1v) is 8.71. The number of carbonyl (C=O) groups is 1. The summed E-state index contributed by atoms with van der Waals surface area (Å²) in [6.07, 6.45) is 0. The number of nitrogens with one attached hydrogen (secondary N) is 1. The van der Waals surface area contributed by atoms with Crippen LogP contribution < -0.4 is 14.8 Å². The van der Waals surface area contributed by atoms with E-state index >= 15 is 0 Å². The number of carbonyl (C=O) groups excluding carboxylic acids is 1. The molecule has 0 bridgehead atoms. The lowest BCUT2D eigenvalue weighted by Gasteiger charge is -2.11. The molecular formula is C22H23NO3. The molecule has 4 nitrogen and oxygen atoms in total. The largest absolute Gasteiger partial charge is 0.491 e. The first-order valence-electron chi connectivity index (χ1n) is 8.71. The van der Waals surface area contributed by atoms with Crippen molar-refractivity contribution in [2.24, 2.45) is 0 Å². The van der Waals surface area contributed by atoms with Crippen LogP contribution >= 0.6 is 0 Å². The van der Waals surface area contributed by atoms with Crippen LogP contribution in [0.5, 0.6) is 11.5 Å². The summed E-state index contributed by atoms with van der Waals surface area (Å²) in [5.41, 5.74) is 2.30. The van der Waals surface area contributed by atoms with E-state index in [4.69, 9.17) is 9.47 Å². The predicted molar refractivity (Wildman–Crippen MR) is 104 cm³/mol. The molecule has 0 atom stereocenters. The fraction of sp³-hybridized carbons (Fsp3) is 0.227. The van der Waals surface area contributed by atoms with E-state index in [0.717, 1.165) is 22.1 Å². The molecule has 3 rings (SSSR count). The van der Waals surface area contributed by atoms with Crippen molar-refractivity contribution in [1.82, 2.24) is 5.32 Å². The van der Waals surface area contributed by atoms with Crippen molar-refractivity contribution in [3.8, 4) is 11.5 Å². The Morgan fingerprint density at radius 2 is 1.73 bits per heavy atom. The van der Waals surface area contributed by atoms with Gasteiger partial charge >= 0.3 is 0 Å². The summed E-state index contributed by atoms with van der Waals surface area (Å²) in [6, 6.07) is 19.8. The van der Waals surface area contributed by atoms with Crippen LogP contribution in [0, 0.1) is 13.8 Å². The highest BCUT2D eigenvalue weighted by Gasteiger charge is 2.06. The number of hydrogen-bond donors (Lipinski definition) is 1. The standard InChI is InChI=1S/C22H23NO3/c1-16-10-11-20(17(2)14-16)25-13-12-23-22(24)15-26-21-9-5-7-18-6-3-4-8-19(18)21/h3-11,14H,12-13,15H2,1-2H3,(H,23,24). The highest BCUT2D eigenvalue weighted by Crippen LogP contribution is 2.24. The monoisotopic (exact) mass is 349 g/mol. The van der Waals surface area contributed by atoms with Crippen LogP contribution in [0.4, 0.5) is 0 Å². The van der Waals surface area contributed by atoms with E-state index in [9.17, 15) is 4.79 Å². The minimum absolute atomic E-state index is 0.0163. The summed E-state index contributed by atoms with van der Waals surface area (Å²) in [5, 5.41) is 4.90. The van der Waals surface area contributed by atoms with Crippen LogP contribution in [0.25, 0.3) is 10.8 Å². The van der Waals surface area contributed by atoms with Gasteiger partial charge in [-0.15, -0.1) is 0 Å². The maximum Gasteiger partial charge on any atom is 0.258 e. The second-order valence-electron chi connectivity index (χ2n) is 6.23. The van der Waals surface area contributed by atoms with Crippen molar-refractivity contribution in [1.29, 1.82) is 0 Å². The van der Waals surface area contributed by atoms with E-state index in [1.54, 1.807) is 0 Å². The summed E-state index contributed by atoms with van der Waals surface area (Å²) in [4.78, 5) is 12.0. The zero-order chi connectivity index (χ0) is 18.4. The number of aryl methyl sites for hydroxylation is 2. The molecule has 1 amide bonds. The van der Waals surface area contributed by atoms with Gasteiger partial charge in [0.25, 0.3) is 5.91 Å². The minimum Gasteiger partial charge on any atom is -0.491 e. The Hall–Kier alpha value is -3.01. The number of amides is 1. The Kier molecular flexibility index (Phi) is 5.74. The molecule has 0 saturated heterocycles. The molecule has 0 saturated carbocycles. The van der Waals surface area contributed by atoms with Crippen molar-refractivity contribution < 1.29 is 14.3 Å². The zero-order valence-electron chi connectivity index (χ0n) is 15.1. The van der Waals surface area contributed by atoms with E-state index in [-0.39, 0.29) is 12.5 Å². The maximum atomic E-state index is 12.0. The molecular weight excluding hydrogens is 326 g/mol. The third-order valence-electron chi connectivity index (χ3n) is 4.12. The molecule has 0 radical (unpaired) electrons. The van der Waals surface area contributed by atoms with E-state index in [0.29, 0.717) is 18.9 Å². The Bertz CT molecular complexity index is 900. The molecule has 0 fully saturated rings. The van der Waals surface area contributed by atoms with Crippen molar-refractivity contribution >= 4 is 16.7 Å². The highest BCUT2D eigenvalue weighted by atomic mass is 16.5. The average Bonchev–Trinajstić information content (AvgIpc) is 2.65. The van der Waals surface area contributed by atoms with Gasteiger partial charge in [-0.3, -0.25) is 4.79 Å². The summed E-state index contributed by atoms with van der Waals surface area (Å²) in [5.74, 6) is 1.39. The number of fused-ring (bicyclic) bond motifs is 1. The van der Waals surface area contributed by atoms with Crippen LogP contribution in [0.15, 0.2) is 60.7 Å². The topological polar surface area (TPSA) is 47.6 Å². The lowest BCUT2D eigenvalue weighted by molar-refractivity contribution is -0.123. The van der Waals surface area contributed by atoms with Gasteiger partial charge < -0.3 is 14.8 Å². The summed E-state index contributed by atoms with van der Waals surface area (Å²) >= 11 is 0. The van der Waals surface area contributed by atoms with Gasteiger partial charge in [0.05, 0.1) is 6.54 Å². The molecule has 1 N–H and O–H groups in total. The first-order chi connectivity index (χ1) is 12.6. The summed E-state index contributed by atoms with van der Waals surface area (Å²) < 4.78 is 11.4. The molecule has 0 unspecified atom stereocenters. The highest BCUT2D eigenvalue weighted by molar-refractivity contribution is 5.88. The number of benzene rings is 3. The van der Waals surface area contributed by atoms with Crippen molar-refractivity contribution in [2.75, 3.05) is 19.8 Å². The molecule has 3 aromatic carbocycles. The first kappa shape index (κ1) is 17.8. The molecule has 0 aliphatic carbocycles. The molecule has 0 aliphatic rings. The number of ether oxygens (including phenoxy) is 2. The molecule has 0 heterocycles. The maximum absolute atomic E-state index is 12.0. The number of rotatable bonds is 7. The normalized spacial score (nSPS) is 10.5. The minimum atomic E-state index is -0.165. The molecule has 0 aromatic heterocycles. The van der Waals surface area contributed by atoms with Gasteiger partial charge in [-0.2, -0.15) is 0 Å². The van der Waals surface area contributed by atoms with Gasteiger partial charge in [-0.05, 0) is 36.9 Å². The van der Waals surface area contributed by atoms with Crippen LogP contribution in [-0.4, -0.2) is 25.7 Å². The summed E-state index contributed by atoms with van der Waals surface area (Å²) in [6.45, 7) is 4.90. The molecule has 4 heteroatoms. The van der Waals surface area contributed by atoms with E-state index in [1.165, 1.54) is 5.56 Å². The smallest absolute Gasteiger partial charge is 0.258 e. The Morgan fingerprint density at radius 3 is 2.58 bits per heavy atom. The molecule has 26 heavy (non-hydrogen) atoms. The van der Waals surface area contributed by atoms with Crippen molar-refractivity contribution in [3.05, 3.63) is 71.8 Å². The van der Waals surface area contributed by atoms with Crippen LogP contribution in [0.3, 0.4) is 0 Å². The molecule has 3 aromatic rings. The second kappa shape index (κ2) is 8.39. The average molecular weight is 349 g/mol. The fourth-order valence-corrected chi connectivity index (χ4v) is 2.83. The van der Waals surface area contributed by atoms with E-state index in [2.05, 4.69) is 11.4 Å². The van der Waals surface area contributed by atoms with E-state index in [1.807, 2.05) is 68.4 Å². The Morgan fingerprint density at radius 1 is 0.923 bits per heavy atom. The quantitative estimate of drug-likeness (QED) is 0.655. The van der Waals surface area contributed by atoms with Gasteiger partial charge in [0.2, 0.25) is 0 Å².